The largest absolute Gasteiger partial charge is 0.329 e. The Morgan fingerprint density at radius 1 is 1.21 bits per heavy atom. The van der Waals surface area contributed by atoms with Gasteiger partial charge in [-0.25, -0.2) is 0 Å². The highest BCUT2D eigenvalue weighted by Gasteiger charge is 2.33. The Kier molecular flexibility index (Phi) is 5.72. The van der Waals surface area contributed by atoms with Gasteiger partial charge in [-0.15, -0.1) is 5.10 Å². The van der Waals surface area contributed by atoms with Gasteiger partial charge in [-0.2, -0.15) is 0 Å². The second-order valence-corrected chi connectivity index (χ2v) is 8.52. The third kappa shape index (κ3) is 4.22. The Bertz CT molecular complexity index is 1030. The maximum atomic E-state index is 13.2. The molecule has 3 heterocycles. The molecule has 0 N–H and O–H groups in total. The van der Waals surface area contributed by atoms with E-state index in [0.717, 1.165) is 49.3 Å². The van der Waals surface area contributed by atoms with Crippen LogP contribution in [0.1, 0.15) is 69.3 Å². The Balaban J connectivity index is 1.61. The highest BCUT2D eigenvalue weighted by molar-refractivity contribution is 7.08. The first-order chi connectivity index (χ1) is 14.0. The molecule has 1 amide bonds. The van der Waals surface area contributed by atoms with Gasteiger partial charge in [0, 0.05) is 12.2 Å². The summed E-state index contributed by atoms with van der Waals surface area (Å²) in [6, 6.07) is 13.0. The van der Waals surface area contributed by atoms with Crippen molar-refractivity contribution in [3.63, 3.8) is 0 Å². The molecule has 2 aromatic heterocycles. The van der Waals surface area contributed by atoms with E-state index in [0.29, 0.717) is 4.88 Å². The van der Waals surface area contributed by atoms with Crippen molar-refractivity contribution < 1.29 is 4.79 Å². The third-order valence-electron chi connectivity index (χ3n) is 5.46. The van der Waals surface area contributed by atoms with Crippen molar-refractivity contribution >= 4 is 17.4 Å². The summed E-state index contributed by atoms with van der Waals surface area (Å²) < 4.78 is 3.99. The lowest BCUT2D eigenvalue weighted by Gasteiger charge is -2.24. The molecule has 0 spiro atoms. The van der Waals surface area contributed by atoms with Gasteiger partial charge in [-0.1, -0.05) is 41.2 Å². The van der Waals surface area contributed by atoms with E-state index in [-0.39, 0.29) is 11.9 Å². The SMILES string of the molecule is CCc1nnsc1C(=O)N1CCC[C@H]1c1cc(Cc2cccc(C)c2)cc(C)n1. The lowest BCUT2D eigenvalue weighted by atomic mass is 10.0. The van der Waals surface area contributed by atoms with Gasteiger partial charge >= 0.3 is 0 Å². The van der Waals surface area contributed by atoms with Crippen LogP contribution in [-0.4, -0.2) is 31.9 Å². The zero-order chi connectivity index (χ0) is 20.4. The summed E-state index contributed by atoms with van der Waals surface area (Å²) in [5.74, 6) is 0.0443. The van der Waals surface area contributed by atoms with Gasteiger partial charge in [0.05, 0.1) is 17.4 Å². The molecule has 1 saturated heterocycles. The number of hydrogen-bond donors (Lipinski definition) is 0. The molecule has 0 unspecified atom stereocenters. The highest BCUT2D eigenvalue weighted by atomic mass is 32.1. The van der Waals surface area contributed by atoms with Crippen LogP contribution in [0.25, 0.3) is 0 Å². The van der Waals surface area contributed by atoms with Crippen LogP contribution in [0, 0.1) is 13.8 Å². The normalized spacial score (nSPS) is 16.4. The van der Waals surface area contributed by atoms with Crippen LogP contribution in [0.5, 0.6) is 0 Å². The number of rotatable bonds is 5. The van der Waals surface area contributed by atoms with Gasteiger partial charge in [0.2, 0.25) is 0 Å². The number of aryl methyl sites for hydroxylation is 3. The number of aromatic nitrogens is 3. The molecular formula is C23H26N4OS. The van der Waals surface area contributed by atoms with Crippen molar-refractivity contribution in [2.45, 2.75) is 52.5 Å². The predicted octanol–water partition coefficient (Wildman–Crippen LogP) is 4.68. The number of benzene rings is 1. The molecule has 1 fully saturated rings. The van der Waals surface area contributed by atoms with Crippen LogP contribution in [-0.2, 0) is 12.8 Å². The molecule has 0 saturated carbocycles. The van der Waals surface area contributed by atoms with E-state index in [1.165, 1.54) is 28.2 Å². The Morgan fingerprint density at radius 3 is 2.86 bits per heavy atom. The number of nitrogens with zero attached hydrogens (tertiary/aromatic N) is 4. The van der Waals surface area contributed by atoms with Gasteiger partial charge in [0.25, 0.3) is 5.91 Å². The Labute approximate surface area is 176 Å². The molecule has 150 valence electrons. The molecule has 5 nitrogen and oxygen atoms in total. The summed E-state index contributed by atoms with van der Waals surface area (Å²) in [4.78, 5) is 20.6. The molecule has 0 bridgehead atoms. The van der Waals surface area contributed by atoms with Crippen molar-refractivity contribution in [1.29, 1.82) is 0 Å². The van der Waals surface area contributed by atoms with Gasteiger partial charge in [0.15, 0.2) is 0 Å². The van der Waals surface area contributed by atoms with E-state index in [4.69, 9.17) is 4.98 Å². The predicted molar refractivity (Wildman–Crippen MR) is 115 cm³/mol. The second-order valence-electron chi connectivity index (χ2n) is 7.77. The average molecular weight is 407 g/mol. The molecule has 0 radical (unpaired) electrons. The minimum Gasteiger partial charge on any atom is -0.329 e. The smallest absolute Gasteiger partial charge is 0.268 e. The van der Waals surface area contributed by atoms with Crippen molar-refractivity contribution in [2.24, 2.45) is 0 Å². The molecular weight excluding hydrogens is 380 g/mol. The van der Waals surface area contributed by atoms with E-state index >= 15 is 0 Å². The van der Waals surface area contributed by atoms with Crippen molar-refractivity contribution in [3.05, 3.63) is 75.0 Å². The second kappa shape index (κ2) is 8.41. The maximum Gasteiger partial charge on any atom is 0.268 e. The Hall–Kier alpha value is -2.60. The lowest BCUT2D eigenvalue weighted by Crippen LogP contribution is -2.31. The zero-order valence-electron chi connectivity index (χ0n) is 17.2. The molecule has 6 heteroatoms. The number of amides is 1. The van der Waals surface area contributed by atoms with Crippen molar-refractivity contribution in [3.8, 4) is 0 Å². The highest BCUT2D eigenvalue weighted by Crippen LogP contribution is 2.34. The van der Waals surface area contributed by atoms with E-state index in [9.17, 15) is 4.79 Å². The van der Waals surface area contributed by atoms with Crippen molar-refractivity contribution in [2.75, 3.05) is 6.54 Å². The van der Waals surface area contributed by atoms with Crippen LogP contribution in [0.15, 0.2) is 36.4 Å². The van der Waals surface area contributed by atoms with Gasteiger partial charge < -0.3 is 4.90 Å². The van der Waals surface area contributed by atoms with Gasteiger partial charge in [0.1, 0.15) is 4.88 Å². The molecule has 1 atom stereocenters. The average Bonchev–Trinajstić information content (AvgIpc) is 3.36. The fraction of sp³-hybridized carbons (Fsp3) is 0.391. The minimum atomic E-state index is 0.0189. The van der Waals surface area contributed by atoms with E-state index in [2.05, 4.69) is 52.9 Å². The van der Waals surface area contributed by atoms with Crippen LogP contribution >= 0.6 is 11.5 Å². The molecule has 3 aromatic rings. The monoisotopic (exact) mass is 406 g/mol. The molecule has 1 aliphatic heterocycles. The zero-order valence-corrected chi connectivity index (χ0v) is 18.0. The topological polar surface area (TPSA) is 59.0 Å². The van der Waals surface area contributed by atoms with Gasteiger partial charge in [-0.3, -0.25) is 9.78 Å². The number of likely N-dealkylation sites (tertiary alicyclic amines) is 1. The summed E-state index contributed by atoms with van der Waals surface area (Å²) in [5.41, 5.74) is 6.59. The first-order valence-corrected chi connectivity index (χ1v) is 11.0. The fourth-order valence-corrected chi connectivity index (χ4v) is 4.86. The third-order valence-corrected chi connectivity index (χ3v) is 6.22. The summed E-state index contributed by atoms with van der Waals surface area (Å²) in [6.07, 6.45) is 3.53. The molecule has 0 aliphatic carbocycles. The first-order valence-electron chi connectivity index (χ1n) is 10.2. The molecule has 29 heavy (non-hydrogen) atoms. The first kappa shape index (κ1) is 19.7. The summed E-state index contributed by atoms with van der Waals surface area (Å²) in [7, 11) is 0. The van der Waals surface area contributed by atoms with Crippen molar-refractivity contribution in [1.82, 2.24) is 19.5 Å². The lowest BCUT2D eigenvalue weighted by molar-refractivity contribution is 0.0736. The van der Waals surface area contributed by atoms with Crippen LogP contribution in [0.4, 0.5) is 0 Å². The summed E-state index contributed by atoms with van der Waals surface area (Å²) in [5, 5.41) is 4.11. The number of hydrogen-bond acceptors (Lipinski definition) is 5. The fourth-order valence-electron chi connectivity index (χ4n) is 4.15. The van der Waals surface area contributed by atoms with Crippen LogP contribution in [0.2, 0.25) is 0 Å². The van der Waals surface area contributed by atoms with Gasteiger partial charge in [-0.05, 0) is 74.3 Å². The Morgan fingerprint density at radius 2 is 2.07 bits per heavy atom. The molecule has 1 aromatic carbocycles. The van der Waals surface area contributed by atoms with E-state index in [1.54, 1.807) is 0 Å². The van der Waals surface area contributed by atoms with Crippen LogP contribution in [0.3, 0.4) is 0 Å². The standard InChI is InChI=1S/C23H26N4OS/c1-4-19-22(29-26-25-19)23(28)27-10-6-9-21(27)20-14-18(12-16(3)24-20)13-17-8-5-7-15(2)11-17/h5,7-8,11-12,14,21H,4,6,9-10,13H2,1-3H3/t21-/m0/s1. The number of carbonyl (C=O) groups is 1. The van der Waals surface area contributed by atoms with Crippen LogP contribution < -0.4 is 0 Å². The molecule has 1 aliphatic rings. The summed E-state index contributed by atoms with van der Waals surface area (Å²) >= 11 is 1.20. The van der Waals surface area contributed by atoms with E-state index < -0.39 is 0 Å². The summed E-state index contributed by atoms with van der Waals surface area (Å²) in [6.45, 7) is 6.92. The molecule has 4 rings (SSSR count). The quantitative estimate of drug-likeness (QED) is 0.617. The minimum absolute atomic E-state index is 0.0189. The number of pyridine rings is 1. The maximum absolute atomic E-state index is 13.2. The number of carbonyl (C=O) groups excluding carboxylic acids is 1. The van der Waals surface area contributed by atoms with E-state index in [1.807, 2.05) is 18.7 Å².